The van der Waals surface area contributed by atoms with E-state index in [-0.39, 0.29) is 18.2 Å². The molecule has 1 fully saturated rings. The third-order valence-corrected chi connectivity index (χ3v) is 6.69. The minimum absolute atomic E-state index is 0.156. The smallest absolute Gasteiger partial charge is 0.326 e. The van der Waals surface area contributed by atoms with Crippen molar-refractivity contribution in [2.75, 3.05) is 18.0 Å². The standard InChI is InChI=1S/C28H34N4O3/c1-20(2)23-9-6-10-25(15-23)32-13-11-22(12-14-32)27(33)30-26(28(34)35)16-24-18-31(19-29-24)17-21-7-4-3-5-8-21/h3-10,15,18-20,22,26H,11-14,16-17H2,1-2H3,(H,30,33)(H,34,35)/t26-/m0/s1. The van der Waals surface area contributed by atoms with Crippen molar-refractivity contribution < 1.29 is 14.7 Å². The maximum atomic E-state index is 12.9. The number of carbonyl (C=O) groups excluding carboxylic acids is 1. The van der Waals surface area contributed by atoms with Gasteiger partial charge in [0.15, 0.2) is 0 Å². The van der Waals surface area contributed by atoms with Gasteiger partial charge in [0.2, 0.25) is 5.91 Å². The van der Waals surface area contributed by atoms with Gasteiger partial charge in [0.05, 0.1) is 12.0 Å². The van der Waals surface area contributed by atoms with Crippen molar-refractivity contribution >= 4 is 17.6 Å². The summed E-state index contributed by atoms with van der Waals surface area (Å²) in [6.07, 6.45) is 5.11. The van der Waals surface area contributed by atoms with Crippen LogP contribution in [-0.2, 0) is 22.6 Å². The molecular formula is C28H34N4O3. The van der Waals surface area contributed by atoms with Gasteiger partial charge in [-0.15, -0.1) is 0 Å². The van der Waals surface area contributed by atoms with Gasteiger partial charge in [-0.25, -0.2) is 9.78 Å². The van der Waals surface area contributed by atoms with Crippen molar-refractivity contribution in [2.45, 2.75) is 51.6 Å². The Morgan fingerprint density at radius 1 is 1.09 bits per heavy atom. The number of nitrogens with one attached hydrogen (secondary N) is 1. The van der Waals surface area contributed by atoms with E-state index >= 15 is 0 Å². The van der Waals surface area contributed by atoms with Crippen LogP contribution in [0.15, 0.2) is 67.1 Å². The van der Waals surface area contributed by atoms with E-state index in [9.17, 15) is 14.7 Å². The SMILES string of the molecule is CC(C)c1cccc(N2CCC(C(=O)N[C@@H](Cc3cn(Cc4ccccc4)cn3)C(=O)O)CC2)c1. The average molecular weight is 475 g/mol. The summed E-state index contributed by atoms with van der Waals surface area (Å²) in [5.74, 6) is -0.941. The molecule has 0 aliphatic carbocycles. The molecule has 0 radical (unpaired) electrons. The molecule has 7 nitrogen and oxygen atoms in total. The van der Waals surface area contributed by atoms with Gasteiger partial charge in [0, 0.05) is 43.9 Å². The molecule has 3 aromatic rings. The summed E-state index contributed by atoms with van der Waals surface area (Å²) in [5.41, 5.74) is 4.28. The van der Waals surface area contributed by atoms with Crippen LogP contribution < -0.4 is 10.2 Å². The van der Waals surface area contributed by atoms with Gasteiger partial charge in [-0.05, 0) is 42.0 Å². The summed E-state index contributed by atoms with van der Waals surface area (Å²) >= 11 is 0. The van der Waals surface area contributed by atoms with E-state index in [0.29, 0.717) is 31.0 Å². The number of nitrogens with zero attached hydrogens (tertiary/aromatic N) is 3. The Labute approximate surface area is 206 Å². The summed E-state index contributed by atoms with van der Waals surface area (Å²) in [5, 5.41) is 12.5. The fourth-order valence-corrected chi connectivity index (χ4v) is 4.57. The van der Waals surface area contributed by atoms with Crippen molar-refractivity contribution in [3.8, 4) is 0 Å². The van der Waals surface area contributed by atoms with Gasteiger partial charge < -0.3 is 19.9 Å². The van der Waals surface area contributed by atoms with Gasteiger partial charge in [0.1, 0.15) is 6.04 Å². The molecule has 1 aliphatic heterocycles. The molecule has 0 saturated carbocycles. The first-order valence-corrected chi connectivity index (χ1v) is 12.3. The molecule has 2 heterocycles. The van der Waals surface area contributed by atoms with Crippen LogP contribution in [0.3, 0.4) is 0 Å². The molecule has 1 aromatic heterocycles. The lowest BCUT2D eigenvalue weighted by Gasteiger charge is -2.33. The number of amides is 1. The molecular weight excluding hydrogens is 440 g/mol. The number of hydrogen-bond acceptors (Lipinski definition) is 4. The first-order chi connectivity index (χ1) is 16.9. The van der Waals surface area contributed by atoms with Crippen LogP contribution in [0.25, 0.3) is 0 Å². The van der Waals surface area contributed by atoms with Crippen LogP contribution in [0.1, 0.15) is 49.4 Å². The Morgan fingerprint density at radius 2 is 1.83 bits per heavy atom. The molecule has 2 N–H and O–H groups in total. The first-order valence-electron chi connectivity index (χ1n) is 12.3. The summed E-state index contributed by atoms with van der Waals surface area (Å²) in [6.45, 7) is 6.59. The maximum Gasteiger partial charge on any atom is 0.326 e. The maximum absolute atomic E-state index is 12.9. The molecule has 0 bridgehead atoms. The Bertz CT molecular complexity index is 1130. The van der Waals surface area contributed by atoms with E-state index in [2.05, 4.69) is 53.3 Å². The summed E-state index contributed by atoms with van der Waals surface area (Å²) < 4.78 is 1.93. The lowest BCUT2D eigenvalue weighted by molar-refractivity contribution is -0.142. The number of anilines is 1. The van der Waals surface area contributed by atoms with E-state index in [1.165, 1.54) is 11.3 Å². The van der Waals surface area contributed by atoms with Crippen LogP contribution in [0.4, 0.5) is 5.69 Å². The van der Waals surface area contributed by atoms with Gasteiger partial charge >= 0.3 is 5.97 Å². The van der Waals surface area contributed by atoms with Crippen LogP contribution in [0.2, 0.25) is 0 Å². The number of aliphatic carboxylic acids is 1. The molecule has 1 amide bonds. The number of carboxylic acid groups (broad SMARTS) is 1. The van der Waals surface area contributed by atoms with Crippen LogP contribution in [0, 0.1) is 5.92 Å². The van der Waals surface area contributed by atoms with E-state index in [4.69, 9.17) is 0 Å². The van der Waals surface area contributed by atoms with E-state index in [1.54, 1.807) is 6.33 Å². The van der Waals surface area contributed by atoms with Gasteiger partial charge in [-0.2, -0.15) is 0 Å². The zero-order valence-corrected chi connectivity index (χ0v) is 20.4. The third kappa shape index (κ3) is 6.50. The molecule has 184 valence electrons. The number of imidazole rings is 1. The normalized spacial score (nSPS) is 15.2. The topological polar surface area (TPSA) is 87.5 Å². The van der Waals surface area contributed by atoms with Crippen LogP contribution in [-0.4, -0.2) is 45.7 Å². The minimum Gasteiger partial charge on any atom is -0.480 e. The molecule has 2 aromatic carbocycles. The summed E-state index contributed by atoms with van der Waals surface area (Å²) in [7, 11) is 0. The number of rotatable bonds is 9. The van der Waals surface area contributed by atoms with Crippen molar-refractivity contribution in [2.24, 2.45) is 5.92 Å². The van der Waals surface area contributed by atoms with Gasteiger partial charge in [0.25, 0.3) is 0 Å². The number of carbonyl (C=O) groups is 2. The number of hydrogen-bond donors (Lipinski definition) is 2. The summed E-state index contributed by atoms with van der Waals surface area (Å²) in [6, 6.07) is 17.6. The minimum atomic E-state index is -1.04. The monoisotopic (exact) mass is 474 g/mol. The number of benzene rings is 2. The van der Waals surface area contributed by atoms with Crippen molar-refractivity contribution in [3.63, 3.8) is 0 Å². The van der Waals surface area contributed by atoms with Crippen molar-refractivity contribution in [3.05, 3.63) is 83.9 Å². The highest BCUT2D eigenvalue weighted by atomic mass is 16.4. The molecule has 0 spiro atoms. The van der Waals surface area contributed by atoms with Gasteiger partial charge in [-0.3, -0.25) is 4.79 Å². The fourth-order valence-electron chi connectivity index (χ4n) is 4.57. The molecule has 35 heavy (non-hydrogen) atoms. The predicted octanol–water partition coefficient (Wildman–Crippen LogP) is 4.08. The second kappa shape index (κ2) is 11.2. The molecule has 7 heteroatoms. The molecule has 4 rings (SSSR count). The number of piperidine rings is 1. The Kier molecular flexibility index (Phi) is 7.85. The second-order valence-electron chi connectivity index (χ2n) is 9.64. The average Bonchev–Trinajstić information content (AvgIpc) is 3.31. The highest BCUT2D eigenvalue weighted by Gasteiger charge is 2.29. The first kappa shape index (κ1) is 24.5. The molecule has 1 atom stereocenters. The molecule has 0 unspecified atom stereocenters. The van der Waals surface area contributed by atoms with Crippen molar-refractivity contribution in [1.82, 2.24) is 14.9 Å². The molecule has 1 aliphatic rings. The van der Waals surface area contributed by atoms with Crippen molar-refractivity contribution in [1.29, 1.82) is 0 Å². The Balaban J connectivity index is 1.31. The highest BCUT2D eigenvalue weighted by Crippen LogP contribution is 2.26. The fraction of sp³-hybridized carbons (Fsp3) is 0.393. The zero-order chi connectivity index (χ0) is 24.8. The Morgan fingerprint density at radius 3 is 2.51 bits per heavy atom. The van der Waals surface area contributed by atoms with E-state index in [0.717, 1.165) is 18.7 Å². The van der Waals surface area contributed by atoms with Crippen LogP contribution in [0.5, 0.6) is 0 Å². The second-order valence-corrected chi connectivity index (χ2v) is 9.64. The van der Waals surface area contributed by atoms with Crippen LogP contribution >= 0.6 is 0 Å². The zero-order valence-electron chi connectivity index (χ0n) is 20.4. The van der Waals surface area contributed by atoms with Gasteiger partial charge in [-0.1, -0.05) is 56.3 Å². The summed E-state index contributed by atoms with van der Waals surface area (Å²) in [4.78, 5) is 31.5. The lowest BCUT2D eigenvalue weighted by Crippen LogP contribution is -2.47. The lowest BCUT2D eigenvalue weighted by atomic mass is 9.94. The third-order valence-electron chi connectivity index (χ3n) is 6.69. The largest absolute Gasteiger partial charge is 0.480 e. The van der Waals surface area contributed by atoms with E-state index < -0.39 is 12.0 Å². The quantitative estimate of drug-likeness (QED) is 0.488. The Hall–Kier alpha value is -3.61. The highest BCUT2D eigenvalue weighted by molar-refractivity contribution is 5.85. The molecule has 1 saturated heterocycles. The number of carboxylic acids is 1. The predicted molar refractivity (Wildman–Crippen MR) is 137 cm³/mol. The van der Waals surface area contributed by atoms with E-state index in [1.807, 2.05) is 41.1 Å². The number of aromatic nitrogens is 2.